The second kappa shape index (κ2) is 5.37. The number of carbonyl (C=O) groups is 1. The van der Waals surface area contributed by atoms with Crippen LogP contribution in [0.5, 0.6) is 0 Å². The lowest BCUT2D eigenvalue weighted by Gasteiger charge is -2.28. The van der Waals surface area contributed by atoms with Crippen LogP contribution in [0.3, 0.4) is 0 Å². The van der Waals surface area contributed by atoms with E-state index in [1.165, 1.54) is 25.3 Å². The van der Waals surface area contributed by atoms with E-state index in [1.54, 1.807) is 6.07 Å². The highest BCUT2D eigenvalue weighted by Gasteiger charge is 2.37. The van der Waals surface area contributed by atoms with Crippen molar-refractivity contribution in [2.24, 2.45) is 5.41 Å². The molecule has 106 valence electrons. The quantitative estimate of drug-likeness (QED) is 0.884. The van der Waals surface area contributed by atoms with Gasteiger partial charge >= 0.3 is 5.97 Å². The van der Waals surface area contributed by atoms with Crippen LogP contribution in [-0.4, -0.2) is 29.1 Å². The normalized spacial score (nSPS) is 20.6. The molecule has 4 heteroatoms. The van der Waals surface area contributed by atoms with Gasteiger partial charge in [-0.15, -0.1) is 0 Å². The van der Waals surface area contributed by atoms with E-state index in [1.807, 2.05) is 0 Å². The first-order chi connectivity index (χ1) is 9.01. The van der Waals surface area contributed by atoms with E-state index in [2.05, 4.69) is 25.7 Å². The van der Waals surface area contributed by atoms with Gasteiger partial charge in [0.05, 0.1) is 6.04 Å². The number of hydrogen-bond donors (Lipinski definition) is 1. The second-order valence-electron chi connectivity index (χ2n) is 5.61. The number of carboxylic acid groups (broad SMARTS) is 1. The van der Waals surface area contributed by atoms with Gasteiger partial charge in [-0.1, -0.05) is 13.8 Å². The van der Waals surface area contributed by atoms with Crippen molar-refractivity contribution in [1.82, 2.24) is 4.90 Å². The van der Waals surface area contributed by atoms with Crippen molar-refractivity contribution in [2.75, 3.05) is 13.1 Å². The first kappa shape index (κ1) is 14.1. The lowest BCUT2D eigenvalue weighted by Crippen LogP contribution is -2.28. The van der Waals surface area contributed by atoms with E-state index < -0.39 is 5.97 Å². The molecule has 1 unspecified atom stereocenters. The summed E-state index contributed by atoms with van der Waals surface area (Å²) in [6, 6.07) is 3.47. The van der Waals surface area contributed by atoms with E-state index in [-0.39, 0.29) is 11.8 Å². The molecule has 1 fully saturated rings. The van der Waals surface area contributed by atoms with Crippen LogP contribution in [0.1, 0.15) is 62.4 Å². The molecule has 0 aromatic carbocycles. The van der Waals surface area contributed by atoms with Gasteiger partial charge in [-0.05, 0) is 50.3 Å². The summed E-state index contributed by atoms with van der Waals surface area (Å²) in [5, 5.41) is 8.90. The minimum Gasteiger partial charge on any atom is -0.475 e. The summed E-state index contributed by atoms with van der Waals surface area (Å²) in [6.07, 6.45) is 3.62. The molecule has 1 N–H and O–H groups in total. The van der Waals surface area contributed by atoms with Crippen LogP contribution >= 0.6 is 0 Å². The van der Waals surface area contributed by atoms with E-state index >= 15 is 0 Å². The van der Waals surface area contributed by atoms with Crippen molar-refractivity contribution < 1.29 is 14.3 Å². The van der Waals surface area contributed by atoms with Gasteiger partial charge < -0.3 is 9.52 Å². The number of aromatic carboxylic acids is 1. The van der Waals surface area contributed by atoms with Gasteiger partial charge in [0.25, 0.3) is 0 Å². The lowest BCUT2D eigenvalue weighted by atomic mass is 9.82. The highest BCUT2D eigenvalue weighted by molar-refractivity contribution is 5.84. The average molecular weight is 265 g/mol. The zero-order chi connectivity index (χ0) is 14.0. The molecule has 2 rings (SSSR count). The maximum absolute atomic E-state index is 10.8. The zero-order valence-electron chi connectivity index (χ0n) is 12.0. The van der Waals surface area contributed by atoms with Crippen LogP contribution in [0.4, 0.5) is 0 Å². The molecular weight excluding hydrogens is 242 g/mol. The Kier molecular flexibility index (Phi) is 3.99. The Bertz CT molecular complexity index is 448. The van der Waals surface area contributed by atoms with Gasteiger partial charge in [-0.3, -0.25) is 4.90 Å². The summed E-state index contributed by atoms with van der Waals surface area (Å²) in [5.74, 6) is -0.227. The van der Waals surface area contributed by atoms with E-state index in [9.17, 15) is 4.79 Å². The third-order valence-electron chi connectivity index (χ3n) is 4.76. The smallest absolute Gasteiger partial charge is 0.371 e. The molecular formula is C15H23NO3. The molecule has 0 spiro atoms. The van der Waals surface area contributed by atoms with Crippen molar-refractivity contribution in [2.45, 2.75) is 46.1 Å². The highest BCUT2D eigenvalue weighted by Crippen LogP contribution is 2.40. The Morgan fingerprint density at radius 2 is 2.16 bits per heavy atom. The third-order valence-corrected chi connectivity index (χ3v) is 4.76. The molecule has 1 aromatic rings. The predicted molar refractivity (Wildman–Crippen MR) is 73.3 cm³/mol. The molecule has 0 aliphatic carbocycles. The fourth-order valence-corrected chi connectivity index (χ4v) is 3.00. The summed E-state index contributed by atoms with van der Waals surface area (Å²) < 4.78 is 5.41. The van der Waals surface area contributed by atoms with E-state index in [0.29, 0.717) is 5.41 Å². The Morgan fingerprint density at radius 3 is 2.63 bits per heavy atom. The number of rotatable bonds is 5. The second-order valence-corrected chi connectivity index (χ2v) is 5.61. The van der Waals surface area contributed by atoms with Gasteiger partial charge in [-0.25, -0.2) is 4.79 Å². The van der Waals surface area contributed by atoms with Crippen molar-refractivity contribution in [1.29, 1.82) is 0 Å². The van der Waals surface area contributed by atoms with Gasteiger partial charge in [-0.2, -0.15) is 0 Å². The number of hydrogen-bond acceptors (Lipinski definition) is 3. The first-order valence-corrected chi connectivity index (χ1v) is 7.08. The van der Waals surface area contributed by atoms with Crippen molar-refractivity contribution in [3.63, 3.8) is 0 Å². The summed E-state index contributed by atoms with van der Waals surface area (Å²) >= 11 is 0. The molecule has 1 aliphatic heterocycles. The Labute approximate surface area is 114 Å². The molecule has 1 aliphatic rings. The average Bonchev–Trinajstić information content (AvgIpc) is 3.05. The van der Waals surface area contributed by atoms with E-state index in [0.717, 1.165) is 18.8 Å². The minimum atomic E-state index is -1.00. The lowest BCUT2D eigenvalue weighted by molar-refractivity contribution is 0.0656. The molecule has 0 bridgehead atoms. The largest absolute Gasteiger partial charge is 0.475 e. The maximum Gasteiger partial charge on any atom is 0.371 e. The Balaban J connectivity index is 2.08. The highest BCUT2D eigenvalue weighted by atomic mass is 16.4. The number of nitrogens with zero attached hydrogens (tertiary/aromatic N) is 1. The van der Waals surface area contributed by atoms with Gasteiger partial charge in [0.1, 0.15) is 5.76 Å². The zero-order valence-corrected chi connectivity index (χ0v) is 12.0. The van der Waals surface area contributed by atoms with Gasteiger partial charge in [0.2, 0.25) is 5.76 Å². The SMILES string of the molecule is CCC1(CC)CCN(C(C)c2ccc(C(=O)O)o2)C1. The first-order valence-electron chi connectivity index (χ1n) is 7.08. The molecule has 0 radical (unpaired) electrons. The molecule has 0 saturated carbocycles. The number of likely N-dealkylation sites (tertiary alicyclic amines) is 1. The van der Waals surface area contributed by atoms with E-state index in [4.69, 9.17) is 9.52 Å². The Morgan fingerprint density at radius 1 is 1.47 bits per heavy atom. The monoisotopic (exact) mass is 265 g/mol. The number of furan rings is 1. The standard InChI is InChI=1S/C15H23NO3/c1-4-15(5-2)8-9-16(10-15)11(3)12-6-7-13(19-12)14(17)18/h6-7,11H,4-5,8-10H2,1-3H3,(H,17,18). The summed E-state index contributed by atoms with van der Waals surface area (Å²) in [5.41, 5.74) is 0.427. The predicted octanol–water partition coefficient (Wildman–Crippen LogP) is 3.55. The molecule has 0 amide bonds. The minimum absolute atomic E-state index is 0.0262. The third kappa shape index (κ3) is 2.68. The van der Waals surface area contributed by atoms with Crippen LogP contribution in [-0.2, 0) is 0 Å². The van der Waals surface area contributed by atoms with Crippen LogP contribution in [0, 0.1) is 5.41 Å². The molecule has 19 heavy (non-hydrogen) atoms. The van der Waals surface area contributed by atoms with Crippen LogP contribution in [0.2, 0.25) is 0 Å². The van der Waals surface area contributed by atoms with Crippen LogP contribution in [0.25, 0.3) is 0 Å². The number of carboxylic acids is 1. The topological polar surface area (TPSA) is 53.7 Å². The van der Waals surface area contributed by atoms with Crippen molar-refractivity contribution >= 4 is 5.97 Å². The van der Waals surface area contributed by atoms with Crippen molar-refractivity contribution in [3.05, 3.63) is 23.7 Å². The summed E-state index contributed by atoms with van der Waals surface area (Å²) in [6.45, 7) is 8.74. The molecule has 2 heterocycles. The molecule has 1 aromatic heterocycles. The van der Waals surface area contributed by atoms with Crippen LogP contribution < -0.4 is 0 Å². The fraction of sp³-hybridized carbons (Fsp3) is 0.667. The van der Waals surface area contributed by atoms with Crippen molar-refractivity contribution in [3.8, 4) is 0 Å². The summed E-state index contributed by atoms with van der Waals surface area (Å²) in [4.78, 5) is 13.2. The van der Waals surface area contributed by atoms with Crippen LogP contribution in [0.15, 0.2) is 16.5 Å². The fourth-order valence-electron chi connectivity index (χ4n) is 3.00. The maximum atomic E-state index is 10.8. The Hall–Kier alpha value is -1.29. The van der Waals surface area contributed by atoms with Gasteiger partial charge in [0.15, 0.2) is 0 Å². The van der Waals surface area contributed by atoms with Gasteiger partial charge in [0, 0.05) is 6.54 Å². The molecule has 4 nitrogen and oxygen atoms in total. The molecule has 1 saturated heterocycles. The summed E-state index contributed by atoms with van der Waals surface area (Å²) in [7, 11) is 0. The molecule has 1 atom stereocenters.